The van der Waals surface area contributed by atoms with Crippen molar-refractivity contribution in [3.63, 3.8) is 0 Å². The second-order valence-electron chi connectivity index (χ2n) is 28.4. The molecule has 7 aromatic carbocycles. The van der Waals surface area contributed by atoms with E-state index in [9.17, 15) is 65.8 Å². The van der Waals surface area contributed by atoms with Crippen LogP contribution in [0.1, 0.15) is 146 Å². The lowest BCUT2D eigenvalue weighted by atomic mass is 9.89. The number of nitrogens with zero attached hydrogens (tertiary/aromatic N) is 3. The third-order valence-electron chi connectivity index (χ3n) is 20.2. The average Bonchev–Trinajstić information content (AvgIpc) is 0.825. The fourth-order valence-corrected chi connectivity index (χ4v) is 15.0. The van der Waals surface area contributed by atoms with Gasteiger partial charge >= 0.3 is 5.97 Å². The summed E-state index contributed by atoms with van der Waals surface area (Å²) in [4.78, 5) is 106. The molecule has 7 aliphatic rings. The number of unbranched alkanes of at least 4 members (excludes halogenated alkanes) is 7. The molecule has 606 valence electrons. The molecular weight excluding hydrogens is 1540 g/mol. The molecule has 36 heteroatoms. The number of aliphatic hydroxyl groups excluding tert-OH is 4. The normalized spacial score (nSPS) is 24.1. The SMILES string of the molecule is CCCCCCCCCCOCc1cn([C@H]2C(=O)N[C@@H]3Cc4ccc(c(Cl)c4)Oc4cc5cc(c4O)Oc4ccc(cc4Cl)[C@@H](O[C@@H]4O[C@H](CO)[C@@H](O)[C@H](O)[C@H]4NC(C)=O)[C@H]4NC(=O)[C@H](NC(O)[C@@H]5NC(=O)[C@@H](NC3=O)c3cc(O)cc(c3)Oc3cc2ccc3O)c2ccc(O)c(c2)-c2c(O)cc(O)cc2[C@H](C(=O)O)NC4=O)nn1. The van der Waals surface area contributed by atoms with Crippen molar-refractivity contribution < 1.29 is 118 Å². The van der Waals surface area contributed by atoms with Crippen LogP contribution < -0.4 is 51.4 Å². The molecule has 0 saturated carbocycles. The number of phenolic OH excluding ortho intramolecular Hbond substituents is 6. The molecule has 1 fully saturated rings. The Kier molecular flexibility index (Phi) is 24.8. The molecule has 0 aliphatic carbocycles. The van der Waals surface area contributed by atoms with Crippen molar-refractivity contribution in [1.82, 2.24) is 52.2 Å². The molecule has 7 aliphatic heterocycles. The highest BCUT2D eigenvalue weighted by Gasteiger charge is 2.49. The summed E-state index contributed by atoms with van der Waals surface area (Å²) in [6.07, 6.45) is -2.56. The van der Waals surface area contributed by atoms with Crippen molar-refractivity contribution >= 4 is 64.6 Å². The topological polar surface area (TPSA) is 512 Å². The summed E-state index contributed by atoms with van der Waals surface area (Å²) in [6, 6.07) is 6.06. The maximum absolute atomic E-state index is 16.2. The van der Waals surface area contributed by atoms with Gasteiger partial charge in [-0.1, -0.05) is 105 Å². The lowest BCUT2D eigenvalue weighted by Crippen LogP contribution is -2.65. The number of fused-ring (bicyclic) bond motifs is 14. The number of ether oxygens (including phenoxy) is 6. The second-order valence-corrected chi connectivity index (χ2v) is 29.2. The highest BCUT2D eigenvalue weighted by molar-refractivity contribution is 6.32. The number of aliphatic hydroxyl groups is 4. The number of halogens is 2. The van der Waals surface area contributed by atoms with E-state index in [1.165, 1.54) is 72.3 Å². The van der Waals surface area contributed by atoms with Gasteiger partial charge in [0.15, 0.2) is 41.4 Å². The molecule has 34 nitrogen and oxygen atoms in total. The Hall–Kier alpha value is -11.6. The fraction of sp³-hybridized carbons (Fsp3) is 0.354. The summed E-state index contributed by atoms with van der Waals surface area (Å²) in [5.74, 6) is -15.2. The summed E-state index contributed by atoms with van der Waals surface area (Å²) >= 11 is 14.3. The summed E-state index contributed by atoms with van der Waals surface area (Å²) in [6.45, 7) is 2.63. The van der Waals surface area contributed by atoms with Crippen LogP contribution in [0.3, 0.4) is 0 Å². The number of aliphatic carboxylic acids is 1. The Morgan fingerprint density at radius 3 is 1.97 bits per heavy atom. The highest BCUT2D eigenvalue weighted by Crippen LogP contribution is 2.49. The molecule has 17 bridgehead atoms. The minimum atomic E-state index is -2.47. The van der Waals surface area contributed by atoms with Crippen molar-refractivity contribution in [1.29, 1.82) is 0 Å². The number of benzene rings is 7. The first kappa shape index (κ1) is 81.4. The predicted octanol–water partition coefficient (Wildman–Crippen LogP) is 6.58. The smallest absolute Gasteiger partial charge is 0.330 e. The molecule has 8 aromatic rings. The molecule has 6 amide bonds. The van der Waals surface area contributed by atoms with Gasteiger partial charge in [0.2, 0.25) is 41.2 Å². The summed E-state index contributed by atoms with van der Waals surface area (Å²) in [5.41, 5.74) is -1.99. The number of carboxylic acid groups (broad SMARTS) is 1. The average molecular weight is 1630 g/mol. The van der Waals surface area contributed by atoms with Crippen LogP contribution in [-0.4, -0.2) is 175 Å². The number of aromatic nitrogens is 3. The number of nitrogens with one attached hydrogen (secondary N) is 7. The molecule has 0 spiro atoms. The Balaban J connectivity index is 0.964. The van der Waals surface area contributed by atoms with Crippen molar-refractivity contribution in [2.75, 3.05) is 13.2 Å². The lowest BCUT2D eigenvalue weighted by molar-refractivity contribution is -0.284. The van der Waals surface area contributed by atoms with Crippen LogP contribution in [0.2, 0.25) is 10.0 Å². The van der Waals surface area contributed by atoms with Gasteiger partial charge in [-0.3, -0.25) is 34.1 Å². The van der Waals surface area contributed by atoms with Crippen LogP contribution in [0, 0.1) is 0 Å². The predicted molar refractivity (Wildman–Crippen MR) is 404 cm³/mol. The molecule has 8 heterocycles. The molecule has 15 rings (SSSR count). The maximum Gasteiger partial charge on any atom is 0.330 e. The molecule has 115 heavy (non-hydrogen) atoms. The molecule has 1 aromatic heterocycles. The number of carboxylic acids is 1. The van der Waals surface area contributed by atoms with Crippen LogP contribution in [-0.2, 0) is 60.8 Å². The van der Waals surface area contributed by atoms with Gasteiger partial charge in [-0.05, 0) is 119 Å². The molecule has 1 unspecified atom stereocenters. The van der Waals surface area contributed by atoms with Crippen molar-refractivity contribution in [2.24, 2.45) is 0 Å². The minimum absolute atomic E-state index is 0.00937. The van der Waals surface area contributed by atoms with Crippen LogP contribution >= 0.6 is 23.2 Å². The van der Waals surface area contributed by atoms with E-state index in [0.717, 1.165) is 112 Å². The quantitative estimate of drug-likeness (QED) is 0.0428. The number of hydrogen-bond acceptors (Lipinski definition) is 26. The minimum Gasteiger partial charge on any atom is -0.508 e. The van der Waals surface area contributed by atoms with Gasteiger partial charge in [-0.2, -0.15) is 0 Å². The zero-order chi connectivity index (χ0) is 81.8. The van der Waals surface area contributed by atoms with E-state index >= 15 is 24.0 Å². The largest absolute Gasteiger partial charge is 0.508 e. The molecule has 0 radical (unpaired) electrons. The summed E-state index contributed by atoms with van der Waals surface area (Å²) in [7, 11) is 0. The molecular formula is C79H82Cl2N10O24. The zero-order valence-electron chi connectivity index (χ0n) is 61.4. The fourth-order valence-electron chi connectivity index (χ4n) is 14.5. The van der Waals surface area contributed by atoms with Crippen molar-refractivity contribution in [3.8, 4) is 80.1 Å². The monoisotopic (exact) mass is 1620 g/mol. The van der Waals surface area contributed by atoms with Gasteiger partial charge in [0.25, 0.3) is 0 Å². The standard InChI is InChI=1S/C79H82Cl2N10O24/c1-3-4-5-6-7-8-9-10-19-110-34-42-32-91(90-89-42)67-38-13-16-52(97)56(26-38)111-45-23-40(22-43(94)29-45)62-74(104)86-63-41-27-57(112-54-17-11-36(20-48(54)80)21-50(72(102)84-62)83-77(67)107)68(99)58(28-41)113-55-18-14-39(25-49(55)81)71(115-79-65(82-35(2)93)70(101)69(100)59(33-92)114-79)66-76(106)87-64(78(108)109)47-30-44(95)31-53(98)60(47)46-24-37(12-15-51(46)96)61(73(103)88-66)85-75(63)105/h11-18,20,22-32,50,59,61-67,69-71,75,79,85,92,94-101,105H,3-10,19,21,33-34H2,1-2H3,(H,82,93)(H,83,107)(H,84,102)(H,86,104)(H,87,106)(H,88,103)(H,108,109)/t50-,59-,61-,62+,63-,64-,65-,66-,67-,69-,70-,71-,75?,79+/m1/s1. The molecule has 14 atom stereocenters. The van der Waals surface area contributed by atoms with E-state index in [-0.39, 0.29) is 68.0 Å². The highest BCUT2D eigenvalue weighted by atomic mass is 35.5. The Morgan fingerprint density at radius 2 is 1.27 bits per heavy atom. The van der Waals surface area contributed by atoms with Gasteiger partial charge in [0.1, 0.15) is 107 Å². The van der Waals surface area contributed by atoms with Crippen molar-refractivity contribution in [3.05, 3.63) is 176 Å². The number of aromatic hydroxyl groups is 6. The van der Waals surface area contributed by atoms with Gasteiger partial charge in [0, 0.05) is 48.8 Å². The van der Waals surface area contributed by atoms with Gasteiger partial charge in [-0.25, -0.2) is 9.48 Å². The Bertz CT molecular complexity index is 5050. The lowest BCUT2D eigenvalue weighted by Gasteiger charge is -2.44. The maximum atomic E-state index is 16.2. The zero-order valence-corrected chi connectivity index (χ0v) is 63.0. The first-order chi connectivity index (χ1) is 55.1. The number of hydrogen-bond donors (Lipinski definition) is 18. The number of carbonyl (C=O) groups is 7. The number of carbonyl (C=O) groups excluding carboxylic acids is 6. The van der Waals surface area contributed by atoms with E-state index in [0.29, 0.717) is 12.3 Å². The van der Waals surface area contributed by atoms with Crippen LogP contribution in [0.5, 0.6) is 69.0 Å². The van der Waals surface area contributed by atoms with Gasteiger partial charge < -0.3 is 116 Å². The summed E-state index contributed by atoms with van der Waals surface area (Å²) in [5, 5.41) is 154. The van der Waals surface area contributed by atoms with E-state index in [1.54, 1.807) is 0 Å². The van der Waals surface area contributed by atoms with Crippen LogP contribution in [0.25, 0.3) is 11.1 Å². The van der Waals surface area contributed by atoms with Crippen LogP contribution in [0.15, 0.2) is 121 Å². The van der Waals surface area contributed by atoms with E-state index < -0.39 is 207 Å². The van der Waals surface area contributed by atoms with E-state index in [2.05, 4.69) is 54.5 Å². The van der Waals surface area contributed by atoms with Gasteiger partial charge in [0.05, 0.1) is 35.5 Å². The molecule has 1 saturated heterocycles. The first-order valence-corrected chi connectivity index (χ1v) is 37.6. The number of amides is 6. The van der Waals surface area contributed by atoms with E-state index in [4.69, 9.17) is 51.6 Å². The summed E-state index contributed by atoms with van der Waals surface area (Å²) < 4.78 is 38.9. The third kappa shape index (κ3) is 18.0. The van der Waals surface area contributed by atoms with Crippen LogP contribution in [0.4, 0.5) is 0 Å². The van der Waals surface area contributed by atoms with Crippen molar-refractivity contribution in [2.45, 2.75) is 164 Å². The number of rotatable bonds is 17. The molecule has 18 N–H and O–H groups in total. The second kappa shape index (κ2) is 35.0. The van der Waals surface area contributed by atoms with E-state index in [1.807, 2.05) is 0 Å². The number of phenols is 6. The Labute approximate surface area is 664 Å². The Morgan fingerprint density at radius 1 is 0.609 bits per heavy atom. The first-order valence-electron chi connectivity index (χ1n) is 36.9. The third-order valence-corrected chi connectivity index (χ3v) is 20.8. The van der Waals surface area contributed by atoms with Gasteiger partial charge in [-0.15, -0.1) is 5.10 Å².